The largest absolute Gasteiger partial charge is 0.478 e. The van der Waals surface area contributed by atoms with Crippen LogP contribution in [0.2, 0.25) is 0 Å². The quantitative estimate of drug-likeness (QED) is 0.888. The van der Waals surface area contributed by atoms with Crippen molar-refractivity contribution < 1.29 is 19.4 Å². The maximum Gasteiger partial charge on any atom is 0.408 e. The van der Waals surface area contributed by atoms with Crippen molar-refractivity contribution in [1.82, 2.24) is 5.32 Å². The first-order valence-electron chi connectivity index (χ1n) is 4.96. The van der Waals surface area contributed by atoms with Crippen molar-refractivity contribution >= 4 is 28.0 Å². The zero-order valence-corrected chi connectivity index (χ0v) is 10.4. The lowest BCUT2D eigenvalue weighted by Crippen LogP contribution is -2.44. The number of halogens is 1. The Kier molecular flexibility index (Phi) is 3.06. The van der Waals surface area contributed by atoms with Gasteiger partial charge < -0.3 is 15.2 Å². The molecule has 0 bridgehead atoms. The Morgan fingerprint density at radius 1 is 1.59 bits per heavy atom. The van der Waals surface area contributed by atoms with Crippen LogP contribution in [0.4, 0.5) is 4.79 Å². The Morgan fingerprint density at radius 3 is 2.88 bits per heavy atom. The van der Waals surface area contributed by atoms with Crippen LogP contribution in [0.5, 0.6) is 0 Å². The number of benzene rings is 1. The number of carboxylic acids is 1. The van der Waals surface area contributed by atoms with Crippen LogP contribution in [0.3, 0.4) is 0 Å². The topological polar surface area (TPSA) is 75.6 Å². The number of alkyl carbamates (subject to hydrolysis) is 1. The molecule has 1 aromatic rings. The fourth-order valence-electron chi connectivity index (χ4n) is 1.73. The summed E-state index contributed by atoms with van der Waals surface area (Å²) >= 11 is 3.31. The third-order valence-corrected chi connectivity index (χ3v) is 3.07. The molecule has 1 atom stereocenters. The molecule has 5 nitrogen and oxygen atoms in total. The number of cyclic esters (lactones) is 1. The van der Waals surface area contributed by atoms with Gasteiger partial charge in [0.25, 0.3) is 0 Å². The summed E-state index contributed by atoms with van der Waals surface area (Å²) in [6.45, 7) is -0.0202. The van der Waals surface area contributed by atoms with Gasteiger partial charge in [-0.1, -0.05) is 28.1 Å². The SMILES string of the molecule is O=C1NCC(Cc2cccc(Br)c2)(C(=O)O)O1. The Bertz CT molecular complexity index is 476. The van der Waals surface area contributed by atoms with E-state index >= 15 is 0 Å². The summed E-state index contributed by atoms with van der Waals surface area (Å²) in [5, 5.41) is 11.6. The first-order chi connectivity index (χ1) is 8.02. The minimum absolute atomic E-state index is 0.0202. The smallest absolute Gasteiger partial charge is 0.408 e. The zero-order chi connectivity index (χ0) is 12.5. The molecular weight excluding hydrogens is 290 g/mol. The molecule has 0 aliphatic carbocycles. The summed E-state index contributed by atoms with van der Waals surface area (Å²) in [7, 11) is 0. The van der Waals surface area contributed by atoms with Crippen LogP contribution in [-0.2, 0) is 16.0 Å². The summed E-state index contributed by atoms with van der Waals surface area (Å²) in [4.78, 5) is 22.2. The third-order valence-electron chi connectivity index (χ3n) is 2.57. The molecule has 1 amide bonds. The number of nitrogens with one attached hydrogen (secondary N) is 1. The van der Waals surface area contributed by atoms with Gasteiger partial charge >= 0.3 is 12.1 Å². The Balaban J connectivity index is 2.25. The molecule has 90 valence electrons. The van der Waals surface area contributed by atoms with E-state index in [1.807, 2.05) is 6.07 Å². The molecule has 0 radical (unpaired) electrons. The normalized spacial score (nSPS) is 23.0. The van der Waals surface area contributed by atoms with Crippen molar-refractivity contribution in [3.05, 3.63) is 34.3 Å². The molecule has 1 aliphatic heterocycles. The van der Waals surface area contributed by atoms with E-state index in [2.05, 4.69) is 21.2 Å². The van der Waals surface area contributed by atoms with Crippen LogP contribution in [0, 0.1) is 0 Å². The van der Waals surface area contributed by atoms with Gasteiger partial charge in [0.1, 0.15) is 0 Å². The molecule has 1 saturated heterocycles. The fraction of sp³-hybridized carbons (Fsp3) is 0.273. The van der Waals surface area contributed by atoms with E-state index in [0.29, 0.717) is 0 Å². The van der Waals surface area contributed by atoms with Crippen LogP contribution < -0.4 is 5.32 Å². The predicted octanol–water partition coefficient (Wildman–Crippen LogP) is 1.55. The minimum atomic E-state index is -1.50. The van der Waals surface area contributed by atoms with Gasteiger partial charge in [-0.2, -0.15) is 0 Å². The highest BCUT2D eigenvalue weighted by Gasteiger charge is 2.47. The van der Waals surface area contributed by atoms with Crippen molar-refractivity contribution in [2.24, 2.45) is 0 Å². The van der Waals surface area contributed by atoms with Crippen molar-refractivity contribution in [3.8, 4) is 0 Å². The molecule has 1 heterocycles. The molecule has 0 aromatic heterocycles. The monoisotopic (exact) mass is 299 g/mol. The Labute approximate surface area is 106 Å². The highest BCUT2D eigenvalue weighted by Crippen LogP contribution is 2.24. The van der Waals surface area contributed by atoms with Crippen molar-refractivity contribution in [2.75, 3.05) is 6.54 Å². The van der Waals surface area contributed by atoms with Crippen LogP contribution in [0.1, 0.15) is 5.56 Å². The molecule has 6 heteroatoms. The van der Waals surface area contributed by atoms with Gasteiger partial charge in [0.05, 0.1) is 6.54 Å². The average Bonchev–Trinajstić information content (AvgIpc) is 2.61. The minimum Gasteiger partial charge on any atom is -0.478 e. The van der Waals surface area contributed by atoms with Gasteiger partial charge in [0, 0.05) is 10.9 Å². The first-order valence-corrected chi connectivity index (χ1v) is 5.76. The second kappa shape index (κ2) is 4.37. The van der Waals surface area contributed by atoms with E-state index in [4.69, 9.17) is 4.74 Å². The number of rotatable bonds is 3. The maximum absolute atomic E-state index is 11.2. The van der Waals surface area contributed by atoms with Crippen LogP contribution in [0.25, 0.3) is 0 Å². The number of amides is 1. The molecular formula is C11H10BrNO4. The van der Waals surface area contributed by atoms with Crippen LogP contribution >= 0.6 is 15.9 Å². The summed E-state index contributed by atoms with van der Waals surface area (Å²) in [5.41, 5.74) is -0.712. The molecule has 1 aliphatic rings. The van der Waals surface area contributed by atoms with E-state index in [1.54, 1.807) is 18.2 Å². The molecule has 0 saturated carbocycles. The number of carboxylic acid groups (broad SMARTS) is 1. The highest BCUT2D eigenvalue weighted by molar-refractivity contribution is 9.10. The average molecular weight is 300 g/mol. The van der Waals surface area contributed by atoms with E-state index in [1.165, 1.54) is 0 Å². The zero-order valence-electron chi connectivity index (χ0n) is 8.77. The number of hydrogen-bond donors (Lipinski definition) is 2. The van der Waals surface area contributed by atoms with Crippen molar-refractivity contribution in [3.63, 3.8) is 0 Å². The molecule has 17 heavy (non-hydrogen) atoms. The summed E-state index contributed by atoms with van der Waals surface area (Å²) in [6, 6.07) is 7.24. The van der Waals surface area contributed by atoms with E-state index in [0.717, 1.165) is 10.0 Å². The van der Waals surface area contributed by atoms with Gasteiger partial charge in [0.2, 0.25) is 5.60 Å². The number of carbonyl (C=O) groups excluding carboxylic acids is 1. The van der Waals surface area contributed by atoms with Crippen molar-refractivity contribution in [2.45, 2.75) is 12.0 Å². The number of hydrogen-bond acceptors (Lipinski definition) is 3. The summed E-state index contributed by atoms with van der Waals surface area (Å²) < 4.78 is 5.74. The van der Waals surface area contributed by atoms with Crippen LogP contribution in [0.15, 0.2) is 28.7 Å². The molecule has 0 spiro atoms. The predicted molar refractivity (Wildman–Crippen MR) is 62.7 cm³/mol. The van der Waals surface area contributed by atoms with Gasteiger partial charge in [0.15, 0.2) is 0 Å². The molecule has 2 N–H and O–H groups in total. The third kappa shape index (κ3) is 2.41. The first kappa shape index (κ1) is 11.9. The second-order valence-electron chi connectivity index (χ2n) is 3.85. The lowest BCUT2D eigenvalue weighted by molar-refractivity contribution is -0.154. The van der Waals surface area contributed by atoms with E-state index in [9.17, 15) is 14.7 Å². The number of aliphatic carboxylic acids is 1. The van der Waals surface area contributed by atoms with E-state index in [-0.39, 0.29) is 13.0 Å². The number of carbonyl (C=O) groups is 2. The molecule has 2 rings (SSSR count). The number of ether oxygens (including phenoxy) is 1. The standard InChI is InChI=1S/C11H10BrNO4/c12-8-3-1-2-7(4-8)5-11(9(14)15)6-13-10(16)17-11/h1-4H,5-6H2,(H,13,16)(H,14,15). The van der Waals surface area contributed by atoms with Crippen molar-refractivity contribution in [1.29, 1.82) is 0 Å². The Hall–Kier alpha value is -1.56. The Morgan fingerprint density at radius 2 is 2.35 bits per heavy atom. The fourth-order valence-corrected chi connectivity index (χ4v) is 2.18. The lowest BCUT2D eigenvalue weighted by atomic mass is 9.95. The summed E-state index contributed by atoms with van der Waals surface area (Å²) in [5.74, 6) is -1.14. The maximum atomic E-state index is 11.2. The molecule has 1 unspecified atom stereocenters. The second-order valence-corrected chi connectivity index (χ2v) is 4.76. The molecule has 1 aromatic carbocycles. The lowest BCUT2D eigenvalue weighted by Gasteiger charge is -2.21. The van der Waals surface area contributed by atoms with Gasteiger partial charge in [-0.15, -0.1) is 0 Å². The van der Waals surface area contributed by atoms with Gasteiger partial charge in [-0.3, -0.25) is 0 Å². The summed E-state index contributed by atoms with van der Waals surface area (Å²) in [6.07, 6.45) is -0.553. The van der Waals surface area contributed by atoms with Gasteiger partial charge in [-0.25, -0.2) is 9.59 Å². The van der Waals surface area contributed by atoms with Gasteiger partial charge in [-0.05, 0) is 17.7 Å². The van der Waals surface area contributed by atoms with E-state index < -0.39 is 17.7 Å². The molecule has 1 fully saturated rings. The highest BCUT2D eigenvalue weighted by atomic mass is 79.9. The van der Waals surface area contributed by atoms with Crippen LogP contribution in [-0.4, -0.2) is 29.3 Å².